The van der Waals surface area contributed by atoms with Gasteiger partial charge in [0.2, 0.25) is 0 Å². The number of aryl methyl sites for hydroxylation is 1. The Hall–Kier alpha value is -1.49. The van der Waals surface area contributed by atoms with Crippen LogP contribution in [0.2, 0.25) is 0 Å². The Morgan fingerprint density at radius 1 is 1.30 bits per heavy atom. The largest absolute Gasteiger partial charge is 0.444 e. The van der Waals surface area contributed by atoms with Crippen LogP contribution in [0.5, 0.6) is 0 Å². The summed E-state index contributed by atoms with van der Waals surface area (Å²) < 4.78 is 7.54. The minimum absolute atomic E-state index is 0.209. The monoisotopic (exact) mass is 323 g/mol. The van der Waals surface area contributed by atoms with Crippen molar-refractivity contribution in [1.29, 1.82) is 0 Å². The molecular formula is C18H33N3O2. The highest BCUT2D eigenvalue weighted by molar-refractivity contribution is 5.67. The number of alkyl carbamates (subject to hydrolysis) is 1. The summed E-state index contributed by atoms with van der Waals surface area (Å²) in [7, 11) is 0. The van der Waals surface area contributed by atoms with Gasteiger partial charge in [-0.25, -0.2) is 4.79 Å². The molecule has 0 fully saturated rings. The molecule has 0 aliphatic heterocycles. The van der Waals surface area contributed by atoms with E-state index in [-0.39, 0.29) is 11.6 Å². The van der Waals surface area contributed by atoms with Crippen molar-refractivity contribution < 1.29 is 9.53 Å². The Bertz CT molecular complexity index is 503. The molecule has 1 amide bonds. The first-order chi connectivity index (χ1) is 10.6. The van der Waals surface area contributed by atoms with Crippen molar-refractivity contribution in [1.82, 2.24) is 15.2 Å². The minimum Gasteiger partial charge on any atom is -0.444 e. The highest BCUT2D eigenvalue weighted by Crippen LogP contribution is 2.17. The molecule has 5 nitrogen and oxygen atoms in total. The Labute approximate surface area is 140 Å². The summed E-state index contributed by atoms with van der Waals surface area (Å²) in [6.45, 7) is 16.4. The van der Waals surface area contributed by atoms with E-state index in [1.54, 1.807) is 0 Å². The number of aromatic nitrogens is 1. The van der Waals surface area contributed by atoms with Crippen LogP contribution in [-0.4, -0.2) is 28.3 Å². The third-order valence-corrected chi connectivity index (χ3v) is 4.21. The lowest BCUT2D eigenvalue weighted by atomic mass is 9.88. The number of carbonyl (C=O) groups is 1. The second-order valence-corrected chi connectivity index (χ2v) is 7.57. The van der Waals surface area contributed by atoms with Crippen LogP contribution in [0.1, 0.15) is 54.2 Å². The number of carbonyl (C=O) groups excluding carboxylic acids is 1. The standard InChI is InChI=1S/C18H33N3O2/c1-8-21-11-9-10-15(21)12-20-18(7,14(2)3)13-19-16(22)23-17(4,5)6/h9-11,14,20H,8,12-13H2,1-7H3,(H,19,22). The van der Waals surface area contributed by atoms with Crippen LogP contribution in [0.4, 0.5) is 4.79 Å². The van der Waals surface area contributed by atoms with Gasteiger partial charge < -0.3 is 19.9 Å². The smallest absolute Gasteiger partial charge is 0.407 e. The number of nitrogens with zero attached hydrogens (tertiary/aromatic N) is 1. The molecule has 1 unspecified atom stereocenters. The quantitative estimate of drug-likeness (QED) is 0.807. The first kappa shape index (κ1) is 19.6. The molecule has 1 aromatic rings. The molecule has 2 N–H and O–H groups in total. The molecule has 1 aromatic heterocycles. The molecule has 0 radical (unpaired) electrons. The van der Waals surface area contributed by atoms with E-state index < -0.39 is 5.60 Å². The molecule has 1 rings (SSSR count). The van der Waals surface area contributed by atoms with Crippen LogP contribution >= 0.6 is 0 Å². The molecule has 1 heterocycles. The Morgan fingerprint density at radius 3 is 2.48 bits per heavy atom. The predicted molar refractivity (Wildman–Crippen MR) is 94.4 cm³/mol. The third kappa shape index (κ3) is 6.26. The summed E-state index contributed by atoms with van der Waals surface area (Å²) >= 11 is 0. The van der Waals surface area contributed by atoms with Gasteiger partial charge in [0.1, 0.15) is 5.60 Å². The topological polar surface area (TPSA) is 55.3 Å². The van der Waals surface area contributed by atoms with Crippen molar-refractivity contribution in [2.75, 3.05) is 6.54 Å². The number of nitrogens with one attached hydrogen (secondary N) is 2. The van der Waals surface area contributed by atoms with Gasteiger partial charge in [0, 0.05) is 37.1 Å². The molecule has 0 saturated heterocycles. The van der Waals surface area contributed by atoms with E-state index in [0.29, 0.717) is 12.5 Å². The zero-order chi connectivity index (χ0) is 17.7. The molecule has 0 saturated carbocycles. The van der Waals surface area contributed by atoms with Crippen molar-refractivity contribution in [3.63, 3.8) is 0 Å². The van der Waals surface area contributed by atoms with Crippen LogP contribution in [0.25, 0.3) is 0 Å². The zero-order valence-corrected chi connectivity index (χ0v) is 15.7. The van der Waals surface area contributed by atoms with E-state index >= 15 is 0 Å². The van der Waals surface area contributed by atoms with Gasteiger partial charge in [-0.05, 0) is 52.7 Å². The van der Waals surface area contributed by atoms with Gasteiger partial charge >= 0.3 is 6.09 Å². The van der Waals surface area contributed by atoms with Gasteiger partial charge in [-0.2, -0.15) is 0 Å². The van der Waals surface area contributed by atoms with E-state index in [9.17, 15) is 4.79 Å². The van der Waals surface area contributed by atoms with Crippen molar-refractivity contribution >= 4 is 6.09 Å². The lowest BCUT2D eigenvalue weighted by Crippen LogP contribution is -2.55. The fourth-order valence-corrected chi connectivity index (χ4v) is 2.25. The first-order valence-electron chi connectivity index (χ1n) is 8.43. The minimum atomic E-state index is -0.478. The second-order valence-electron chi connectivity index (χ2n) is 7.57. The van der Waals surface area contributed by atoms with Crippen molar-refractivity contribution in [2.24, 2.45) is 5.92 Å². The van der Waals surface area contributed by atoms with Gasteiger partial charge in [0.25, 0.3) is 0 Å². The van der Waals surface area contributed by atoms with Crippen LogP contribution < -0.4 is 10.6 Å². The predicted octanol–water partition coefficient (Wildman–Crippen LogP) is 3.54. The normalized spacial score (nSPS) is 14.6. The summed E-state index contributed by atoms with van der Waals surface area (Å²) in [4.78, 5) is 11.9. The van der Waals surface area contributed by atoms with Gasteiger partial charge in [-0.3, -0.25) is 0 Å². The molecule has 5 heteroatoms. The van der Waals surface area contributed by atoms with Crippen LogP contribution in [0.15, 0.2) is 18.3 Å². The molecule has 0 aliphatic carbocycles. The zero-order valence-electron chi connectivity index (χ0n) is 15.7. The lowest BCUT2D eigenvalue weighted by molar-refractivity contribution is 0.0503. The van der Waals surface area contributed by atoms with Gasteiger partial charge in [-0.15, -0.1) is 0 Å². The van der Waals surface area contributed by atoms with Crippen LogP contribution in [0.3, 0.4) is 0 Å². The van der Waals surface area contributed by atoms with E-state index in [1.165, 1.54) is 5.69 Å². The molecule has 0 aromatic carbocycles. The van der Waals surface area contributed by atoms with Gasteiger partial charge in [0.15, 0.2) is 0 Å². The maximum atomic E-state index is 11.9. The Kier molecular flexibility index (Phi) is 6.69. The number of amides is 1. The summed E-state index contributed by atoms with van der Waals surface area (Å²) in [5.74, 6) is 0.363. The molecule has 1 atom stereocenters. The average molecular weight is 323 g/mol. The third-order valence-electron chi connectivity index (χ3n) is 4.21. The summed E-state index contributed by atoms with van der Waals surface area (Å²) in [6, 6.07) is 4.19. The number of hydrogen-bond acceptors (Lipinski definition) is 3. The maximum absolute atomic E-state index is 11.9. The van der Waals surface area contributed by atoms with Crippen molar-refractivity contribution in [3.8, 4) is 0 Å². The number of ether oxygens (including phenoxy) is 1. The molecular weight excluding hydrogens is 290 g/mol. The molecule has 0 bridgehead atoms. The molecule has 132 valence electrons. The first-order valence-corrected chi connectivity index (χ1v) is 8.43. The number of hydrogen-bond donors (Lipinski definition) is 2. The van der Waals surface area contributed by atoms with E-state index in [4.69, 9.17) is 4.74 Å². The lowest BCUT2D eigenvalue weighted by Gasteiger charge is -2.35. The van der Waals surface area contributed by atoms with Crippen molar-refractivity contribution in [2.45, 2.75) is 72.7 Å². The van der Waals surface area contributed by atoms with Gasteiger partial charge in [0.05, 0.1) is 0 Å². The summed E-state index contributed by atoms with van der Waals surface area (Å²) in [5.41, 5.74) is 0.560. The molecule has 23 heavy (non-hydrogen) atoms. The van der Waals surface area contributed by atoms with Crippen molar-refractivity contribution in [3.05, 3.63) is 24.0 Å². The van der Waals surface area contributed by atoms with E-state index in [2.05, 4.69) is 61.2 Å². The van der Waals surface area contributed by atoms with E-state index in [0.717, 1.165) is 13.1 Å². The van der Waals surface area contributed by atoms with Crippen LogP contribution in [-0.2, 0) is 17.8 Å². The Morgan fingerprint density at radius 2 is 1.96 bits per heavy atom. The fourth-order valence-electron chi connectivity index (χ4n) is 2.25. The highest BCUT2D eigenvalue weighted by Gasteiger charge is 2.29. The van der Waals surface area contributed by atoms with Gasteiger partial charge in [-0.1, -0.05) is 13.8 Å². The second kappa shape index (κ2) is 7.86. The maximum Gasteiger partial charge on any atom is 0.407 e. The highest BCUT2D eigenvalue weighted by atomic mass is 16.6. The Balaban J connectivity index is 2.63. The van der Waals surface area contributed by atoms with Crippen LogP contribution in [0, 0.1) is 5.92 Å². The summed E-state index contributed by atoms with van der Waals surface area (Å²) in [5, 5.41) is 6.49. The SMILES string of the molecule is CCn1cccc1CNC(C)(CNC(=O)OC(C)(C)C)C(C)C. The number of rotatable bonds is 7. The summed E-state index contributed by atoms with van der Waals surface area (Å²) in [6.07, 6.45) is 1.71. The van der Waals surface area contributed by atoms with E-state index in [1.807, 2.05) is 20.8 Å². The molecule has 0 spiro atoms. The molecule has 0 aliphatic rings. The fraction of sp³-hybridized carbons (Fsp3) is 0.722. The average Bonchev–Trinajstić information content (AvgIpc) is 2.88.